The van der Waals surface area contributed by atoms with Crippen molar-refractivity contribution in [1.29, 1.82) is 5.26 Å². The highest BCUT2D eigenvalue weighted by Crippen LogP contribution is 2.50. The molecule has 10 nitrogen and oxygen atoms in total. The quantitative estimate of drug-likeness (QED) is 0.390. The molecule has 0 aliphatic carbocycles. The van der Waals surface area contributed by atoms with Crippen LogP contribution in [0.4, 0.5) is 5.82 Å². The number of aliphatic hydroxyl groups is 1. The number of ether oxygens (including phenoxy) is 1. The van der Waals surface area contributed by atoms with Gasteiger partial charge in [-0.1, -0.05) is 55.4 Å². The molecule has 2 heterocycles. The average molecular weight is 527 g/mol. The summed E-state index contributed by atoms with van der Waals surface area (Å²) in [5, 5.41) is 20.6. The van der Waals surface area contributed by atoms with Crippen LogP contribution in [0.1, 0.15) is 68.5 Å². The summed E-state index contributed by atoms with van der Waals surface area (Å²) < 4.78 is 20.9. The van der Waals surface area contributed by atoms with Gasteiger partial charge in [-0.25, -0.2) is 4.79 Å². The lowest BCUT2D eigenvalue weighted by molar-refractivity contribution is -0.0507. The lowest BCUT2D eigenvalue weighted by Crippen LogP contribution is -2.62. The van der Waals surface area contributed by atoms with Gasteiger partial charge in [0.15, 0.2) is 6.23 Å². The molecular formula is C23H42N4O6Si2. The Balaban J connectivity index is 2.65. The van der Waals surface area contributed by atoms with Crippen LogP contribution in [-0.2, 0) is 13.3 Å². The first kappa shape index (κ1) is 29.6. The number of anilines is 1. The molecule has 1 fully saturated rings. The topological polar surface area (TPSA) is 153 Å². The van der Waals surface area contributed by atoms with Crippen molar-refractivity contribution >= 4 is 22.9 Å². The second-order valence-corrected chi connectivity index (χ2v) is 19.5. The normalized spacial score (nSPS) is 25.7. The molecule has 12 heteroatoms. The second-order valence-electron chi connectivity index (χ2n) is 10.9. The van der Waals surface area contributed by atoms with Gasteiger partial charge in [0.25, 0.3) is 0 Å². The molecule has 0 unspecified atom stereocenters. The van der Waals surface area contributed by atoms with Crippen LogP contribution < -0.4 is 11.4 Å². The van der Waals surface area contributed by atoms with Gasteiger partial charge in [-0.3, -0.25) is 4.57 Å². The number of aliphatic hydroxyl groups excluding tert-OH is 1. The van der Waals surface area contributed by atoms with Crippen molar-refractivity contribution in [1.82, 2.24) is 9.55 Å². The molecule has 2 rings (SSSR count). The van der Waals surface area contributed by atoms with Crippen molar-refractivity contribution in [3.63, 3.8) is 0 Å². The number of rotatable bonds is 10. The summed E-state index contributed by atoms with van der Waals surface area (Å²) in [5.74, 6) is 0.0560. The van der Waals surface area contributed by atoms with E-state index in [2.05, 4.69) is 11.1 Å². The van der Waals surface area contributed by atoms with E-state index < -0.39 is 53.3 Å². The molecule has 1 aliphatic heterocycles. The van der Waals surface area contributed by atoms with E-state index in [0.29, 0.717) is 0 Å². The van der Waals surface area contributed by atoms with Gasteiger partial charge >= 0.3 is 22.8 Å². The Morgan fingerprint density at radius 3 is 2.14 bits per heavy atom. The maximum absolute atomic E-state index is 12.6. The van der Waals surface area contributed by atoms with Crippen LogP contribution in [0, 0.1) is 16.7 Å². The molecular weight excluding hydrogens is 484 g/mol. The van der Waals surface area contributed by atoms with Gasteiger partial charge in [0.2, 0.25) is 0 Å². The molecule has 0 saturated carbocycles. The fourth-order valence-corrected chi connectivity index (χ4v) is 14.9. The third kappa shape index (κ3) is 5.27. The molecule has 1 saturated heterocycles. The van der Waals surface area contributed by atoms with E-state index in [1.165, 1.54) is 16.8 Å². The molecule has 0 amide bonds. The third-order valence-corrected chi connectivity index (χ3v) is 16.9. The standard InChI is InChI=1S/C23H42N4O6Si2/c1-14(2)34(30,15(3)4)33-35(16(5)6,17(7)8)32-20-18(12-28)31-21(23(20,9)13-24)27-11-10-19(25)26-22(27)29/h10-11,14-18,20-21,28,30H,12H2,1-9H3,(H2,25,26,29)/t18-,20-,21-,23-/m1/s1. The molecule has 0 bridgehead atoms. The van der Waals surface area contributed by atoms with Crippen molar-refractivity contribution in [2.24, 2.45) is 5.41 Å². The summed E-state index contributed by atoms with van der Waals surface area (Å²) in [6, 6.07) is 3.74. The van der Waals surface area contributed by atoms with Gasteiger partial charge < -0.3 is 28.9 Å². The largest absolute Gasteiger partial charge is 0.414 e. The lowest BCUT2D eigenvalue weighted by atomic mass is 9.84. The minimum absolute atomic E-state index is 0.0560. The van der Waals surface area contributed by atoms with E-state index in [4.69, 9.17) is 19.0 Å². The van der Waals surface area contributed by atoms with Crippen molar-refractivity contribution in [2.75, 3.05) is 12.3 Å². The van der Waals surface area contributed by atoms with Gasteiger partial charge in [-0.05, 0) is 35.2 Å². The number of hydrogen-bond donors (Lipinski definition) is 3. The van der Waals surface area contributed by atoms with Gasteiger partial charge in [0.1, 0.15) is 17.3 Å². The molecule has 0 radical (unpaired) electrons. The highest BCUT2D eigenvalue weighted by Gasteiger charge is 2.62. The fraction of sp³-hybridized carbons (Fsp3) is 0.783. The fourth-order valence-electron chi connectivity index (χ4n) is 4.87. The Labute approximate surface area is 210 Å². The molecule has 0 spiro atoms. The zero-order valence-electron chi connectivity index (χ0n) is 22.3. The van der Waals surface area contributed by atoms with Crippen LogP contribution in [0.25, 0.3) is 0 Å². The summed E-state index contributed by atoms with van der Waals surface area (Å²) in [6.45, 7) is 17.0. The molecule has 198 valence electrons. The Bertz CT molecular complexity index is 963. The highest BCUT2D eigenvalue weighted by atomic mass is 28.5. The minimum atomic E-state index is -3.25. The first-order valence-corrected chi connectivity index (χ1v) is 16.2. The summed E-state index contributed by atoms with van der Waals surface area (Å²) in [4.78, 5) is 28.1. The summed E-state index contributed by atoms with van der Waals surface area (Å²) in [6.07, 6.45) is -1.44. The van der Waals surface area contributed by atoms with E-state index >= 15 is 0 Å². The number of nitrogens with zero attached hydrogens (tertiary/aromatic N) is 3. The van der Waals surface area contributed by atoms with Crippen LogP contribution in [0.3, 0.4) is 0 Å². The molecule has 1 aromatic heterocycles. The van der Waals surface area contributed by atoms with E-state index in [0.717, 1.165) is 0 Å². The predicted octanol–water partition coefficient (Wildman–Crippen LogP) is 3.16. The summed E-state index contributed by atoms with van der Waals surface area (Å²) in [7, 11) is -6.50. The van der Waals surface area contributed by atoms with Crippen LogP contribution in [0.5, 0.6) is 0 Å². The van der Waals surface area contributed by atoms with Crippen LogP contribution in [-0.4, -0.2) is 55.4 Å². The average Bonchev–Trinajstić information content (AvgIpc) is 3.04. The number of nitriles is 1. The lowest BCUT2D eigenvalue weighted by Gasteiger charge is -2.48. The first-order chi connectivity index (χ1) is 16.1. The SMILES string of the molecule is CC(C)[Si](O)(O[Si](O[C@@H]1[C@@H](CO)O[C@@H](n2ccc(N)nc2=O)[C@]1(C)C#N)(C(C)C)C(C)C)C(C)C. The van der Waals surface area contributed by atoms with Gasteiger partial charge in [-0.2, -0.15) is 10.2 Å². The zero-order chi connectivity index (χ0) is 26.9. The Hall–Kier alpha value is -1.60. The highest BCUT2D eigenvalue weighted by molar-refractivity contribution is 6.83. The van der Waals surface area contributed by atoms with Crippen molar-refractivity contribution in [2.45, 2.75) is 103 Å². The molecule has 35 heavy (non-hydrogen) atoms. The summed E-state index contributed by atoms with van der Waals surface area (Å²) >= 11 is 0. The Morgan fingerprint density at radius 1 is 1.20 bits per heavy atom. The van der Waals surface area contributed by atoms with Gasteiger partial charge in [0, 0.05) is 6.20 Å². The molecule has 0 aromatic carbocycles. The van der Waals surface area contributed by atoms with Crippen molar-refractivity contribution in [3.05, 3.63) is 22.7 Å². The predicted molar refractivity (Wildman–Crippen MR) is 138 cm³/mol. The minimum Gasteiger partial charge on any atom is -0.414 e. The molecule has 4 atom stereocenters. The van der Waals surface area contributed by atoms with Crippen LogP contribution >= 0.6 is 0 Å². The van der Waals surface area contributed by atoms with Crippen LogP contribution in [0.15, 0.2) is 17.1 Å². The number of aromatic nitrogens is 2. The van der Waals surface area contributed by atoms with Crippen LogP contribution in [0.2, 0.25) is 22.2 Å². The monoisotopic (exact) mass is 526 g/mol. The summed E-state index contributed by atoms with van der Waals surface area (Å²) in [5.41, 5.74) is 3.28. The van der Waals surface area contributed by atoms with E-state index in [-0.39, 0.29) is 28.0 Å². The third-order valence-electron chi connectivity index (χ3n) is 7.17. The number of nitrogen functional groups attached to an aromatic ring is 1. The van der Waals surface area contributed by atoms with Gasteiger partial charge in [0.05, 0.1) is 18.8 Å². The molecule has 1 aromatic rings. The first-order valence-electron chi connectivity index (χ1n) is 12.2. The maximum Gasteiger partial charge on any atom is 0.351 e. The Morgan fingerprint density at radius 2 is 1.74 bits per heavy atom. The number of hydrogen-bond acceptors (Lipinski definition) is 9. The molecule has 1 aliphatic rings. The second kappa shape index (κ2) is 10.8. The van der Waals surface area contributed by atoms with E-state index in [1.54, 1.807) is 6.92 Å². The maximum atomic E-state index is 12.6. The number of nitrogens with two attached hydrogens (primary N) is 1. The molecule has 4 N–H and O–H groups in total. The van der Waals surface area contributed by atoms with Crippen molar-refractivity contribution < 1.29 is 23.2 Å². The smallest absolute Gasteiger partial charge is 0.351 e. The van der Waals surface area contributed by atoms with Crippen molar-refractivity contribution in [3.8, 4) is 6.07 Å². The Kier molecular flexibility index (Phi) is 9.14. The van der Waals surface area contributed by atoms with E-state index in [9.17, 15) is 20.0 Å². The zero-order valence-corrected chi connectivity index (χ0v) is 24.3. The van der Waals surface area contributed by atoms with Gasteiger partial charge in [-0.15, -0.1) is 0 Å². The van der Waals surface area contributed by atoms with E-state index in [1.807, 2.05) is 55.4 Å².